The van der Waals surface area contributed by atoms with Crippen LogP contribution in [0.3, 0.4) is 0 Å². The number of aromatic nitrogens is 2. The van der Waals surface area contributed by atoms with Crippen molar-refractivity contribution in [1.82, 2.24) is 9.38 Å². The molecule has 104 valence electrons. The molecule has 0 spiro atoms. The van der Waals surface area contributed by atoms with E-state index in [1.165, 1.54) is 11.1 Å². The van der Waals surface area contributed by atoms with Gasteiger partial charge in [-0.2, -0.15) is 0 Å². The first-order chi connectivity index (χ1) is 8.93. The van der Waals surface area contributed by atoms with Crippen molar-refractivity contribution in [2.24, 2.45) is 0 Å². The highest BCUT2D eigenvalue weighted by atomic mass is 16.5. The van der Waals surface area contributed by atoms with Crippen LogP contribution in [-0.2, 0) is 4.74 Å². The lowest BCUT2D eigenvalue weighted by Gasteiger charge is -2.14. The van der Waals surface area contributed by atoms with Crippen molar-refractivity contribution in [3.63, 3.8) is 0 Å². The normalized spacial score (nSPS) is 13.7. The van der Waals surface area contributed by atoms with E-state index in [1.807, 2.05) is 0 Å². The Bertz CT molecular complexity index is 569. The number of methoxy groups -OCH3 is 1. The van der Waals surface area contributed by atoms with Crippen LogP contribution in [-0.4, -0.2) is 16.5 Å². The summed E-state index contributed by atoms with van der Waals surface area (Å²) in [4.78, 5) is 4.76. The molecule has 0 N–H and O–H groups in total. The zero-order chi connectivity index (χ0) is 14.2. The van der Waals surface area contributed by atoms with Gasteiger partial charge in [0.1, 0.15) is 5.65 Å². The van der Waals surface area contributed by atoms with Gasteiger partial charge in [0, 0.05) is 25.1 Å². The first kappa shape index (κ1) is 14.1. The molecule has 0 aliphatic rings. The maximum atomic E-state index is 5.50. The SMILES string of the molecule is COC(C)c1cc(C(C)C)cn2cc(C(C)C)nc12. The van der Waals surface area contributed by atoms with Gasteiger partial charge in [0.05, 0.1) is 11.8 Å². The molecule has 0 radical (unpaired) electrons. The summed E-state index contributed by atoms with van der Waals surface area (Å²) in [6, 6.07) is 2.23. The molecule has 3 nitrogen and oxygen atoms in total. The second-order valence-electron chi connectivity index (χ2n) is 5.81. The molecule has 0 bridgehead atoms. The highest BCUT2D eigenvalue weighted by molar-refractivity contribution is 5.52. The third-order valence-corrected chi connectivity index (χ3v) is 3.67. The summed E-state index contributed by atoms with van der Waals surface area (Å²) in [5, 5.41) is 0. The molecule has 2 aromatic heterocycles. The molecule has 19 heavy (non-hydrogen) atoms. The molecule has 0 aliphatic heterocycles. The summed E-state index contributed by atoms with van der Waals surface area (Å²) in [5.41, 5.74) is 4.63. The third kappa shape index (κ3) is 2.66. The van der Waals surface area contributed by atoms with E-state index in [2.05, 4.69) is 57.5 Å². The minimum absolute atomic E-state index is 0.0589. The fourth-order valence-electron chi connectivity index (χ4n) is 2.19. The van der Waals surface area contributed by atoms with Crippen LogP contribution in [0.4, 0.5) is 0 Å². The molecule has 0 saturated heterocycles. The molecule has 0 saturated carbocycles. The van der Waals surface area contributed by atoms with E-state index in [1.54, 1.807) is 7.11 Å². The lowest BCUT2D eigenvalue weighted by atomic mass is 10.0. The Balaban J connectivity index is 2.67. The number of ether oxygens (including phenoxy) is 1. The minimum atomic E-state index is 0.0589. The molecule has 1 atom stereocenters. The predicted molar refractivity (Wildman–Crippen MR) is 78.8 cm³/mol. The summed E-state index contributed by atoms with van der Waals surface area (Å²) in [5.74, 6) is 0.935. The number of rotatable bonds is 4. The Kier molecular flexibility index (Phi) is 3.95. The monoisotopic (exact) mass is 260 g/mol. The quantitative estimate of drug-likeness (QED) is 0.820. The second kappa shape index (κ2) is 5.33. The van der Waals surface area contributed by atoms with Crippen LogP contribution in [0.15, 0.2) is 18.5 Å². The van der Waals surface area contributed by atoms with Crippen molar-refractivity contribution in [1.29, 1.82) is 0 Å². The lowest BCUT2D eigenvalue weighted by molar-refractivity contribution is 0.120. The molecule has 2 rings (SSSR count). The maximum Gasteiger partial charge on any atom is 0.142 e. The number of fused-ring (bicyclic) bond motifs is 1. The molecule has 1 unspecified atom stereocenters. The Hall–Kier alpha value is -1.35. The van der Waals surface area contributed by atoms with Crippen molar-refractivity contribution in [3.8, 4) is 0 Å². The van der Waals surface area contributed by atoms with Gasteiger partial charge in [-0.3, -0.25) is 0 Å². The van der Waals surface area contributed by atoms with Crippen LogP contribution in [0.2, 0.25) is 0 Å². The van der Waals surface area contributed by atoms with Gasteiger partial charge in [-0.25, -0.2) is 4.98 Å². The zero-order valence-electron chi connectivity index (χ0n) is 12.8. The third-order valence-electron chi connectivity index (χ3n) is 3.67. The molecule has 2 aromatic rings. The van der Waals surface area contributed by atoms with Crippen molar-refractivity contribution < 1.29 is 4.74 Å². The summed E-state index contributed by atoms with van der Waals surface area (Å²) in [6.07, 6.45) is 4.38. The average Bonchev–Trinajstić information content (AvgIpc) is 2.80. The first-order valence-corrected chi connectivity index (χ1v) is 6.99. The predicted octanol–water partition coefficient (Wildman–Crippen LogP) is 4.29. The highest BCUT2D eigenvalue weighted by Gasteiger charge is 2.16. The fourth-order valence-corrected chi connectivity index (χ4v) is 2.19. The van der Waals surface area contributed by atoms with Gasteiger partial charge in [-0.05, 0) is 30.4 Å². The maximum absolute atomic E-state index is 5.50. The summed E-state index contributed by atoms with van der Waals surface area (Å²) in [7, 11) is 1.75. The number of pyridine rings is 1. The van der Waals surface area contributed by atoms with Crippen LogP contribution in [0.5, 0.6) is 0 Å². The van der Waals surface area contributed by atoms with Crippen molar-refractivity contribution in [2.75, 3.05) is 7.11 Å². The van der Waals surface area contributed by atoms with Crippen LogP contribution >= 0.6 is 0 Å². The largest absolute Gasteiger partial charge is 0.377 e. The molecule has 0 amide bonds. The van der Waals surface area contributed by atoms with Crippen LogP contribution in [0, 0.1) is 0 Å². The van der Waals surface area contributed by atoms with Gasteiger partial charge in [0.25, 0.3) is 0 Å². The van der Waals surface area contributed by atoms with E-state index in [0.717, 1.165) is 11.3 Å². The number of nitrogens with zero attached hydrogens (tertiary/aromatic N) is 2. The standard InChI is InChI=1S/C16H24N2O/c1-10(2)13-7-14(12(5)19-6)16-17-15(11(3)4)9-18(16)8-13/h7-12H,1-6H3. The van der Waals surface area contributed by atoms with Crippen molar-refractivity contribution in [3.05, 3.63) is 35.3 Å². The zero-order valence-corrected chi connectivity index (χ0v) is 12.8. The Morgan fingerprint density at radius 1 is 1.05 bits per heavy atom. The van der Waals surface area contributed by atoms with Gasteiger partial charge in [-0.15, -0.1) is 0 Å². The first-order valence-electron chi connectivity index (χ1n) is 6.99. The van der Waals surface area contributed by atoms with E-state index < -0.39 is 0 Å². The van der Waals surface area contributed by atoms with E-state index in [4.69, 9.17) is 9.72 Å². The lowest BCUT2D eigenvalue weighted by Crippen LogP contribution is -2.03. The molecule has 0 fully saturated rings. The van der Waals surface area contributed by atoms with E-state index in [0.29, 0.717) is 11.8 Å². The minimum Gasteiger partial charge on any atom is -0.377 e. The van der Waals surface area contributed by atoms with Gasteiger partial charge in [-0.1, -0.05) is 27.7 Å². The average molecular weight is 260 g/mol. The van der Waals surface area contributed by atoms with E-state index in [-0.39, 0.29) is 6.10 Å². The van der Waals surface area contributed by atoms with E-state index >= 15 is 0 Å². The fraction of sp³-hybridized carbons (Fsp3) is 0.562. The Labute approximate surface area is 115 Å². The second-order valence-corrected chi connectivity index (χ2v) is 5.81. The van der Waals surface area contributed by atoms with Crippen LogP contribution in [0.1, 0.15) is 69.4 Å². The van der Waals surface area contributed by atoms with Crippen molar-refractivity contribution in [2.45, 2.75) is 52.6 Å². The molecule has 0 aromatic carbocycles. The summed E-state index contributed by atoms with van der Waals surface area (Å²) >= 11 is 0. The molecular weight excluding hydrogens is 236 g/mol. The Morgan fingerprint density at radius 2 is 1.74 bits per heavy atom. The van der Waals surface area contributed by atoms with Crippen LogP contribution < -0.4 is 0 Å². The Morgan fingerprint density at radius 3 is 2.26 bits per heavy atom. The molecule has 2 heterocycles. The number of imidazole rings is 1. The molecular formula is C16H24N2O. The van der Waals surface area contributed by atoms with Crippen molar-refractivity contribution >= 4 is 5.65 Å². The van der Waals surface area contributed by atoms with Gasteiger partial charge < -0.3 is 9.14 Å². The number of hydrogen-bond acceptors (Lipinski definition) is 2. The van der Waals surface area contributed by atoms with Gasteiger partial charge in [0.15, 0.2) is 0 Å². The van der Waals surface area contributed by atoms with Gasteiger partial charge in [0.2, 0.25) is 0 Å². The molecule has 0 aliphatic carbocycles. The highest BCUT2D eigenvalue weighted by Crippen LogP contribution is 2.27. The summed E-state index contributed by atoms with van der Waals surface area (Å²) < 4.78 is 7.64. The smallest absolute Gasteiger partial charge is 0.142 e. The molecule has 3 heteroatoms. The summed E-state index contributed by atoms with van der Waals surface area (Å²) in [6.45, 7) is 10.8. The topological polar surface area (TPSA) is 26.5 Å². The van der Waals surface area contributed by atoms with E-state index in [9.17, 15) is 0 Å². The number of hydrogen-bond donors (Lipinski definition) is 0. The van der Waals surface area contributed by atoms with Gasteiger partial charge >= 0.3 is 0 Å². The van der Waals surface area contributed by atoms with Crippen LogP contribution in [0.25, 0.3) is 5.65 Å².